The van der Waals surface area contributed by atoms with Crippen molar-refractivity contribution in [3.05, 3.63) is 63.6 Å². The van der Waals surface area contributed by atoms with E-state index in [9.17, 15) is 4.79 Å². The van der Waals surface area contributed by atoms with Crippen LogP contribution in [0, 0.1) is 6.92 Å². The second kappa shape index (κ2) is 6.66. The van der Waals surface area contributed by atoms with Gasteiger partial charge in [0.05, 0.1) is 5.02 Å². The first-order valence-corrected chi connectivity index (χ1v) is 6.86. The Morgan fingerprint density at radius 2 is 1.95 bits per heavy atom. The van der Waals surface area contributed by atoms with Gasteiger partial charge >= 0.3 is 5.97 Å². The fraction of sp³-hybridized carbons (Fsp3) is 0.0625. The predicted molar refractivity (Wildman–Crippen MR) is 84.4 cm³/mol. The van der Waals surface area contributed by atoms with Crippen molar-refractivity contribution in [2.24, 2.45) is 0 Å². The first-order chi connectivity index (χ1) is 9.95. The smallest absolute Gasteiger partial charge is 0.328 e. The first-order valence-electron chi connectivity index (χ1n) is 6.10. The van der Waals surface area contributed by atoms with E-state index in [1.165, 1.54) is 6.08 Å². The molecular weight excluding hydrogens is 311 g/mol. The number of carboxylic acid groups (broad SMARTS) is 1. The zero-order chi connectivity index (χ0) is 15.4. The summed E-state index contributed by atoms with van der Waals surface area (Å²) in [5, 5.41) is 9.60. The molecule has 0 aliphatic carbocycles. The highest BCUT2D eigenvalue weighted by Crippen LogP contribution is 2.32. The molecule has 0 aliphatic heterocycles. The van der Waals surface area contributed by atoms with E-state index < -0.39 is 5.97 Å². The second-order valence-corrected chi connectivity index (χ2v) is 5.21. The van der Waals surface area contributed by atoms with Crippen LogP contribution in [0.4, 0.5) is 0 Å². The van der Waals surface area contributed by atoms with Crippen molar-refractivity contribution in [1.82, 2.24) is 0 Å². The average molecular weight is 323 g/mol. The summed E-state index contributed by atoms with van der Waals surface area (Å²) < 4.78 is 5.69. The van der Waals surface area contributed by atoms with Crippen LogP contribution < -0.4 is 4.74 Å². The fourth-order valence-corrected chi connectivity index (χ4v) is 2.19. The van der Waals surface area contributed by atoms with Gasteiger partial charge in [0, 0.05) is 11.1 Å². The molecule has 0 aromatic heterocycles. The summed E-state index contributed by atoms with van der Waals surface area (Å²) in [4.78, 5) is 10.5. The highest BCUT2D eigenvalue weighted by Gasteiger charge is 2.05. The molecule has 0 radical (unpaired) electrons. The van der Waals surface area contributed by atoms with Crippen molar-refractivity contribution >= 4 is 35.2 Å². The molecule has 0 fully saturated rings. The van der Waals surface area contributed by atoms with Gasteiger partial charge in [0.15, 0.2) is 0 Å². The van der Waals surface area contributed by atoms with Crippen LogP contribution in [0.3, 0.4) is 0 Å². The Kier molecular flexibility index (Phi) is 4.89. The maximum Gasteiger partial charge on any atom is 0.328 e. The van der Waals surface area contributed by atoms with Crippen molar-refractivity contribution in [3.8, 4) is 11.5 Å². The number of halogens is 2. The zero-order valence-corrected chi connectivity index (χ0v) is 12.7. The number of aryl methyl sites for hydroxylation is 1. The summed E-state index contributed by atoms with van der Waals surface area (Å²) in [7, 11) is 0. The predicted octanol–water partition coefficient (Wildman–Crippen LogP) is 5.19. The molecule has 1 N–H and O–H groups in total. The number of hydrogen-bond acceptors (Lipinski definition) is 2. The standard InChI is InChI=1S/C16H12Cl2O3/c1-10-8-13(5-2-11(10)3-7-16(19)20)21-15-6-4-12(17)9-14(15)18/h2-9H,1H3,(H,19,20). The SMILES string of the molecule is Cc1cc(Oc2ccc(Cl)cc2Cl)ccc1C=CC(=O)O. The minimum atomic E-state index is -0.984. The van der Waals surface area contributed by atoms with Gasteiger partial charge in [0.25, 0.3) is 0 Å². The Labute approximate surface area is 132 Å². The van der Waals surface area contributed by atoms with E-state index in [4.69, 9.17) is 33.0 Å². The molecule has 2 aromatic carbocycles. The van der Waals surface area contributed by atoms with Gasteiger partial charge in [-0.15, -0.1) is 0 Å². The zero-order valence-electron chi connectivity index (χ0n) is 11.1. The average Bonchev–Trinajstić information content (AvgIpc) is 2.41. The third-order valence-electron chi connectivity index (χ3n) is 2.77. The Balaban J connectivity index is 2.22. The molecule has 3 nitrogen and oxygen atoms in total. The lowest BCUT2D eigenvalue weighted by Crippen LogP contribution is -1.89. The number of benzene rings is 2. The first kappa shape index (κ1) is 15.4. The molecule has 2 rings (SSSR count). The lowest BCUT2D eigenvalue weighted by molar-refractivity contribution is -0.131. The Morgan fingerprint density at radius 1 is 1.19 bits per heavy atom. The number of carbonyl (C=O) groups is 1. The number of ether oxygens (including phenoxy) is 1. The maximum absolute atomic E-state index is 10.5. The third-order valence-corrected chi connectivity index (χ3v) is 3.30. The molecule has 21 heavy (non-hydrogen) atoms. The quantitative estimate of drug-likeness (QED) is 0.787. The summed E-state index contributed by atoms with van der Waals surface area (Å²) in [6, 6.07) is 10.3. The highest BCUT2D eigenvalue weighted by molar-refractivity contribution is 6.35. The van der Waals surface area contributed by atoms with E-state index in [1.807, 2.05) is 13.0 Å². The summed E-state index contributed by atoms with van der Waals surface area (Å²) >= 11 is 11.9. The van der Waals surface area contributed by atoms with Crippen LogP contribution in [-0.2, 0) is 4.79 Å². The van der Waals surface area contributed by atoms with Crippen molar-refractivity contribution in [2.75, 3.05) is 0 Å². The van der Waals surface area contributed by atoms with Crippen LogP contribution in [0.5, 0.6) is 11.5 Å². The van der Waals surface area contributed by atoms with Crippen molar-refractivity contribution < 1.29 is 14.6 Å². The molecule has 0 heterocycles. The monoisotopic (exact) mass is 322 g/mol. The van der Waals surface area contributed by atoms with Crippen molar-refractivity contribution in [2.45, 2.75) is 6.92 Å². The molecule has 0 spiro atoms. The maximum atomic E-state index is 10.5. The fourth-order valence-electron chi connectivity index (χ4n) is 1.74. The van der Waals surface area contributed by atoms with Crippen LogP contribution in [0.1, 0.15) is 11.1 Å². The Hall–Kier alpha value is -1.97. The number of carboxylic acids is 1. The van der Waals surface area contributed by atoms with Gasteiger partial charge in [-0.1, -0.05) is 29.3 Å². The van der Waals surface area contributed by atoms with Crippen molar-refractivity contribution in [3.63, 3.8) is 0 Å². The van der Waals surface area contributed by atoms with E-state index >= 15 is 0 Å². The molecule has 0 saturated heterocycles. The van der Waals surface area contributed by atoms with Gasteiger partial charge in [-0.25, -0.2) is 4.79 Å². The van der Waals surface area contributed by atoms with Gasteiger partial charge in [0.2, 0.25) is 0 Å². The van der Waals surface area contributed by atoms with Gasteiger partial charge in [-0.05, 0) is 54.5 Å². The molecule has 108 valence electrons. The van der Waals surface area contributed by atoms with Gasteiger partial charge in [0.1, 0.15) is 11.5 Å². The summed E-state index contributed by atoms with van der Waals surface area (Å²) in [5.41, 5.74) is 1.71. The minimum Gasteiger partial charge on any atom is -0.478 e. The molecule has 0 bridgehead atoms. The van der Waals surface area contributed by atoms with Crippen LogP contribution in [0.25, 0.3) is 6.08 Å². The van der Waals surface area contributed by atoms with Crippen LogP contribution >= 0.6 is 23.2 Å². The number of hydrogen-bond donors (Lipinski definition) is 1. The molecule has 2 aromatic rings. The lowest BCUT2D eigenvalue weighted by atomic mass is 10.1. The summed E-state index contributed by atoms with van der Waals surface area (Å²) in [5.74, 6) is 0.140. The second-order valence-electron chi connectivity index (χ2n) is 4.37. The highest BCUT2D eigenvalue weighted by atomic mass is 35.5. The van der Waals surface area contributed by atoms with E-state index in [2.05, 4.69) is 0 Å². The largest absolute Gasteiger partial charge is 0.478 e. The number of aliphatic carboxylic acids is 1. The van der Waals surface area contributed by atoms with E-state index in [-0.39, 0.29) is 0 Å². The topological polar surface area (TPSA) is 46.5 Å². The third kappa shape index (κ3) is 4.25. The Morgan fingerprint density at radius 3 is 2.57 bits per heavy atom. The summed E-state index contributed by atoms with van der Waals surface area (Å²) in [6.07, 6.45) is 2.63. The van der Waals surface area contributed by atoms with Gasteiger partial charge in [-0.2, -0.15) is 0 Å². The molecule has 0 amide bonds. The molecule has 0 atom stereocenters. The minimum absolute atomic E-state index is 0.426. The normalized spacial score (nSPS) is 10.8. The Bertz CT molecular complexity index is 709. The van der Waals surface area contributed by atoms with E-state index in [0.717, 1.165) is 17.2 Å². The number of rotatable bonds is 4. The van der Waals surface area contributed by atoms with E-state index in [0.29, 0.717) is 21.5 Å². The van der Waals surface area contributed by atoms with E-state index in [1.54, 1.807) is 30.3 Å². The van der Waals surface area contributed by atoms with Gasteiger partial charge in [-0.3, -0.25) is 0 Å². The van der Waals surface area contributed by atoms with Gasteiger partial charge < -0.3 is 9.84 Å². The van der Waals surface area contributed by atoms with Crippen LogP contribution in [0.15, 0.2) is 42.5 Å². The summed E-state index contributed by atoms with van der Waals surface area (Å²) in [6.45, 7) is 1.87. The van der Waals surface area contributed by atoms with Crippen molar-refractivity contribution in [1.29, 1.82) is 0 Å². The molecule has 0 saturated carbocycles. The van der Waals surface area contributed by atoms with Crippen LogP contribution in [-0.4, -0.2) is 11.1 Å². The molecular formula is C16H12Cl2O3. The molecule has 0 aliphatic rings. The lowest BCUT2D eigenvalue weighted by Gasteiger charge is -2.09. The molecule has 5 heteroatoms. The molecule has 0 unspecified atom stereocenters. The van der Waals surface area contributed by atoms with Crippen LogP contribution in [0.2, 0.25) is 10.0 Å².